The zero-order chi connectivity index (χ0) is 19.3. The molecule has 1 atom stereocenters. The van der Waals surface area contributed by atoms with Gasteiger partial charge in [-0.15, -0.1) is 0 Å². The van der Waals surface area contributed by atoms with Crippen LogP contribution in [0.25, 0.3) is 0 Å². The van der Waals surface area contributed by atoms with E-state index in [-0.39, 0.29) is 22.0 Å². The molecule has 26 heavy (non-hydrogen) atoms. The molecule has 0 saturated carbocycles. The molecule has 138 valence electrons. The number of carbonyl (C=O) groups is 1. The molecule has 8 nitrogen and oxygen atoms in total. The van der Waals surface area contributed by atoms with E-state index in [9.17, 15) is 19.7 Å². The Bertz CT molecular complexity index is 887. The van der Waals surface area contributed by atoms with Crippen LogP contribution in [0.4, 0.5) is 11.4 Å². The van der Waals surface area contributed by atoms with Gasteiger partial charge in [0.2, 0.25) is 5.91 Å². The molecule has 0 aliphatic rings. The fourth-order valence-electron chi connectivity index (χ4n) is 2.10. The number of benzene rings is 1. The van der Waals surface area contributed by atoms with E-state index in [0.717, 1.165) is 18.2 Å². The van der Waals surface area contributed by atoms with Crippen LogP contribution >= 0.6 is 23.4 Å². The maximum absolute atomic E-state index is 12.4. The predicted molar refractivity (Wildman–Crippen MR) is 101 cm³/mol. The third-order valence-electron chi connectivity index (χ3n) is 3.36. The number of amides is 1. The minimum Gasteiger partial charge on any atom is -0.324 e. The van der Waals surface area contributed by atoms with Crippen molar-refractivity contribution in [1.82, 2.24) is 9.97 Å². The van der Waals surface area contributed by atoms with Crippen LogP contribution in [-0.2, 0) is 11.2 Å². The Balaban J connectivity index is 2.12. The summed E-state index contributed by atoms with van der Waals surface area (Å²) in [5, 5.41) is 13.3. The summed E-state index contributed by atoms with van der Waals surface area (Å²) in [5.74, 6) is -0.416. The first-order valence-electron chi connectivity index (χ1n) is 7.82. The Morgan fingerprint density at radius 2 is 2.19 bits per heavy atom. The number of nitro groups is 1. The largest absolute Gasteiger partial charge is 0.324 e. The molecule has 0 fully saturated rings. The third-order valence-corrected chi connectivity index (χ3v) is 4.67. The molecule has 0 radical (unpaired) electrons. The van der Waals surface area contributed by atoms with Crippen LogP contribution in [0.2, 0.25) is 5.02 Å². The van der Waals surface area contributed by atoms with Crippen molar-refractivity contribution < 1.29 is 9.72 Å². The summed E-state index contributed by atoms with van der Waals surface area (Å²) in [6.45, 7) is 3.62. The summed E-state index contributed by atoms with van der Waals surface area (Å²) < 4.78 is 0. The second-order valence-corrected chi connectivity index (χ2v) is 7.20. The fourth-order valence-corrected chi connectivity index (χ4v) is 3.10. The number of H-pyrrole nitrogens is 1. The molecule has 1 heterocycles. The minimum atomic E-state index is -0.606. The van der Waals surface area contributed by atoms with Gasteiger partial charge in [-0.2, -0.15) is 0 Å². The number of anilines is 1. The lowest BCUT2D eigenvalue weighted by atomic mass is 10.2. The number of hydrogen-bond acceptors (Lipinski definition) is 6. The zero-order valence-corrected chi connectivity index (χ0v) is 15.7. The van der Waals surface area contributed by atoms with Gasteiger partial charge >= 0.3 is 0 Å². The standard InChI is InChI=1S/C16H17ClN4O4S/c1-3-4-10-7-14(22)20-16(18-10)26-9(2)15(23)19-13-8-11(21(24)25)5-6-12(13)17/h5-9H,3-4H2,1-2H3,(H,19,23)(H,18,20,22). The normalized spacial score (nSPS) is 11.8. The van der Waals surface area contributed by atoms with Gasteiger partial charge in [-0.05, 0) is 19.4 Å². The van der Waals surface area contributed by atoms with E-state index in [0.29, 0.717) is 17.3 Å². The number of halogens is 1. The van der Waals surface area contributed by atoms with Crippen LogP contribution in [-0.4, -0.2) is 26.0 Å². The molecule has 1 aromatic carbocycles. The van der Waals surface area contributed by atoms with Crippen LogP contribution < -0.4 is 10.9 Å². The Morgan fingerprint density at radius 1 is 1.46 bits per heavy atom. The molecule has 0 saturated heterocycles. The molecule has 0 aliphatic heterocycles. The summed E-state index contributed by atoms with van der Waals surface area (Å²) in [6, 6.07) is 5.23. The molecule has 0 spiro atoms. The van der Waals surface area contributed by atoms with Crippen LogP contribution in [0, 0.1) is 10.1 Å². The maximum atomic E-state index is 12.4. The molecular weight excluding hydrogens is 380 g/mol. The summed E-state index contributed by atoms with van der Waals surface area (Å²) in [6.07, 6.45) is 1.52. The third kappa shape index (κ3) is 5.30. The van der Waals surface area contributed by atoms with Crippen molar-refractivity contribution >= 4 is 40.6 Å². The molecule has 0 bridgehead atoms. The first-order valence-corrected chi connectivity index (χ1v) is 9.07. The number of aromatic nitrogens is 2. The highest BCUT2D eigenvalue weighted by atomic mass is 35.5. The highest BCUT2D eigenvalue weighted by molar-refractivity contribution is 8.00. The lowest BCUT2D eigenvalue weighted by molar-refractivity contribution is -0.384. The number of aryl methyl sites for hydroxylation is 1. The van der Waals surface area contributed by atoms with Crippen LogP contribution in [0.1, 0.15) is 26.0 Å². The number of aromatic amines is 1. The average Bonchev–Trinajstić information content (AvgIpc) is 2.56. The molecule has 1 unspecified atom stereocenters. The monoisotopic (exact) mass is 396 g/mol. The molecule has 10 heteroatoms. The van der Waals surface area contributed by atoms with E-state index < -0.39 is 16.1 Å². The molecule has 0 aliphatic carbocycles. The lowest BCUT2D eigenvalue weighted by Crippen LogP contribution is -2.23. The van der Waals surface area contributed by atoms with Crippen LogP contribution in [0.3, 0.4) is 0 Å². The summed E-state index contributed by atoms with van der Waals surface area (Å²) in [4.78, 5) is 41.2. The number of nitro benzene ring substituents is 1. The number of nitrogens with one attached hydrogen (secondary N) is 2. The van der Waals surface area contributed by atoms with Gasteiger partial charge in [0.25, 0.3) is 11.2 Å². The fraction of sp³-hybridized carbons (Fsp3) is 0.312. The van der Waals surface area contributed by atoms with Crippen molar-refractivity contribution in [3.63, 3.8) is 0 Å². The van der Waals surface area contributed by atoms with E-state index in [1.165, 1.54) is 24.3 Å². The van der Waals surface area contributed by atoms with Crippen molar-refractivity contribution in [2.24, 2.45) is 0 Å². The highest BCUT2D eigenvalue weighted by Gasteiger charge is 2.19. The highest BCUT2D eigenvalue weighted by Crippen LogP contribution is 2.28. The van der Waals surface area contributed by atoms with Gasteiger partial charge in [0.1, 0.15) is 0 Å². The molecule has 2 aromatic rings. The molecule has 2 N–H and O–H groups in total. The average molecular weight is 397 g/mol. The Kier molecular flexibility index (Phi) is 6.76. The van der Waals surface area contributed by atoms with Gasteiger partial charge in [0, 0.05) is 23.9 Å². The number of hydrogen-bond donors (Lipinski definition) is 2. The van der Waals surface area contributed by atoms with Crippen molar-refractivity contribution in [2.45, 2.75) is 37.1 Å². The van der Waals surface area contributed by atoms with Crippen molar-refractivity contribution in [1.29, 1.82) is 0 Å². The van der Waals surface area contributed by atoms with Gasteiger partial charge in [-0.25, -0.2) is 4.98 Å². The molecule has 2 rings (SSSR count). The van der Waals surface area contributed by atoms with E-state index >= 15 is 0 Å². The second kappa shape index (κ2) is 8.81. The number of non-ortho nitro benzene ring substituents is 1. The molecule has 1 aromatic heterocycles. The first kappa shape index (κ1) is 19.9. The van der Waals surface area contributed by atoms with Crippen molar-refractivity contribution in [3.8, 4) is 0 Å². The van der Waals surface area contributed by atoms with Crippen LogP contribution in [0.5, 0.6) is 0 Å². The van der Waals surface area contributed by atoms with Crippen molar-refractivity contribution in [2.75, 3.05) is 5.32 Å². The molecule has 1 amide bonds. The maximum Gasteiger partial charge on any atom is 0.271 e. The minimum absolute atomic E-state index is 0.152. The number of rotatable bonds is 7. The topological polar surface area (TPSA) is 118 Å². The SMILES string of the molecule is CCCc1cc(=O)[nH]c(SC(C)C(=O)Nc2cc([N+](=O)[O-])ccc2Cl)n1. The summed E-state index contributed by atoms with van der Waals surface area (Å²) in [7, 11) is 0. The number of nitrogens with zero attached hydrogens (tertiary/aromatic N) is 2. The van der Waals surface area contributed by atoms with Crippen LogP contribution in [0.15, 0.2) is 34.2 Å². The zero-order valence-electron chi connectivity index (χ0n) is 14.1. The van der Waals surface area contributed by atoms with Gasteiger partial charge in [-0.1, -0.05) is 36.7 Å². The van der Waals surface area contributed by atoms with E-state index in [1.807, 2.05) is 6.92 Å². The van der Waals surface area contributed by atoms with E-state index in [4.69, 9.17) is 11.6 Å². The lowest BCUT2D eigenvalue weighted by Gasteiger charge is -2.12. The Hall–Kier alpha value is -2.39. The van der Waals surface area contributed by atoms with Gasteiger partial charge in [0.15, 0.2) is 5.16 Å². The van der Waals surface area contributed by atoms with Gasteiger partial charge in [0.05, 0.1) is 20.9 Å². The first-order chi connectivity index (χ1) is 12.3. The van der Waals surface area contributed by atoms with E-state index in [1.54, 1.807) is 6.92 Å². The van der Waals surface area contributed by atoms with Gasteiger partial charge in [-0.3, -0.25) is 19.7 Å². The van der Waals surface area contributed by atoms with Gasteiger partial charge < -0.3 is 10.3 Å². The molecular formula is C16H17ClN4O4S. The smallest absolute Gasteiger partial charge is 0.271 e. The van der Waals surface area contributed by atoms with E-state index in [2.05, 4.69) is 15.3 Å². The Morgan fingerprint density at radius 3 is 2.85 bits per heavy atom. The summed E-state index contributed by atoms with van der Waals surface area (Å²) in [5.41, 5.74) is 0.358. The second-order valence-electron chi connectivity index (χ2n) is 5.46. The van der Waals surface area contributed by atoms with Crippen molar-refractivity contribution in [3.05, 3.63) is 55.5 Å². The predicted octanol–water partition coefficient (Wildman–Crippen LogP) is 3.40. The quantitative estimate of drug-likeness (QED) is 0.320. The number of thioether (sulfide) groups is 1. The summed E-state index contributed by atoms with van der Waals surface area (Å²) >= 11 is 7.07. The number of carbonyl (C=O) groups excluding carboxylic acids is 1. The Labute approximate surface area is 158 Å².